The van der Waals surface area contributed by atoms with E-state index in [2.05, 4.69) is 6.58 Å². The third-order valence-electron chi connectivity index (χ3n) is 8.07. The Hall–Kier alpha value is -3.63. The predicted molar refractivity (Wildman–Crippen MR) is 150 cm³/mol. The maximum absolute atomic E-state index is 14.2. The van der Waals surface area contributed by atoms with Gasteiger partial charge in [-0.3, -0.25) is 19.3 Å². The molecule has 216 valence electrons. The molecule has 10 nitrogen and oxygen atoms in total. The molecule has 10 heteroatoms. The van der Waals surface area contributed by atoms with Gasteiger partial charge in [0.2, 0.25) is 5.78 Å². The van der Waals surface area contributed by atoms with Gasteiger partial charge in [-0.25, -0.2) is 0 Å². The molecule has 1 unspecified atom stereocenters. The van der Waals surface area contributed by atoms with Gasteiger partial charge >= 0.3 is 0 Å². The van der Waals surface area contributed by atoms with Gasteiger partial charge in [-0.1, -0.05) is 19.9 Å². The van der Waals surface area contributed by atoms with E-state index in [0.717, 1.165) is 24.1 Å². The van der Waals surface area contributed by atoms with Crippen molar-refractivity contribution in [1.29, 1.82) is 0 Å². The molecule has 4 atom stereocenters. The first-order valence-corrected chi connectivity index (χ1v) is 13.5. The van der Waals surface area contributed by atoms with Crippen LogP contribution < -0.4 is 15.4 Å². The van der Waals surface area contributed by atoms with E-state index in [1.54, 1.807) is 32.0 Å². The van der Waals surface area contributed by atoms with E-state index < -0.39 is 52.3 Å². The van der Waals surface area contributed by atoms with Crippen molar-refractivity contribution >= 4 is 23.2 Å². The lowest BCUT2D eigenvalue weighted by Crippen LogP contribution is -2.64. The number of anilines is 1. The summed E-state index contributed by atoms with van der Waals surface area (Å²) in [6, 6.07) is 2.83. The summed E-state index contributed by atoms with van der Waals surface area (Å²) in [5.74, 6) is -4.31. The highest BCUT2D eigenvalue weighted by Gasteiger charge is 2.63. The Balaban J connectivity index is 1.95. The molecule has 0 spiro atoms. The van der Waals surface area contributed by atoms with Crippen LogP contribution in [0.4, 0.5) is 5.69 Å². The van der Waals surface area contributed by atoms with Crippen molar-refractivity contribution in [2.45, 2.75) is 51.2 Å². The number of unbranched alkanes of at least 4 members (excludes halogenated alkanes) is 1. The maximum atomic E-state index is 14.2. The van der Waals surface area contributed by atoms with Crippen molar-refractivity contribution in [3.8, 4) is 5.75 Å². The molecule has 0 bridgehead atoms. The molecular weight excluding hydrogens is 514 g/mol. The van der Waals surface area contributed by atoms with Crippen molar-refractivity contribution in [3.63, 3.8) is 0 Å². The second-order valence-electron chi connectivity index (χ2n) is 11.3. The monoisotopic (exact) mass is 553 g/mol. The third kappa shape index (κ3) is 4.49. The van der Waals surface area contributed by atoms with Gasteiger partial charge in [0.1, 0.15) is 22.8 Å². The smallest absolute Gasteiger partial charge is 0.255 e. The van der Waals surface area contributed by atoms with Crippen LogP contribution in [-0.4, -0.2) is 79.0 Å². The lowest BCUT2D eigenvalue weighted by molar-refractivity contribution is -0.148. The number of primary amides is 1. The molecule has 0 heterocycles. The van der Waals surface area contributed by atoms with Gasteiger partial charge in [0.15, 0.2) is 11.4 Å². The lowest BCUT2D eigenvalue weighted by atomic mass is 9.58. The zero-order chi connectivity index (χ0) is 29.7. The zero-order valence-electron chi connectivity index (χ0n) is 24.0. The van der Waals surface area contributed by atoms with Crippen molar-refractivity contribution in [2.24, 2.45) is 17.6 Å². The van der Waals surface area contributed by atoms with Gasteiger partial charge in [-0.2, -0.15) is 0 Å². The number of hydrogen-bond donors (Lipinski definition) is 3. The number of allylic oxidation sites excluding steroid dienone is 2. The number of nitrogens with two attached hydrogens (primary N) is 1. The number of amides is 1. The standard InChI is InChI=1S/C30H39N3O7/c1-8-9-12-39-20-11-10-19(32(4)5)17-13-16-14-18-24(33(6)7)26(40-15(2)3)23(29(31)37)28(36)30(18,38)27(35)21(16)25(34)22(17)20/h10-11,16,18,24,35,38H,2,8-9,12-14H2,1,3-7H3,(H2,31,37)/t16-,18-,24?,30-/m0/s1. The van der Waals surface area contributed by atoms with E-state index in [9.17, 15) is 24.6 Å². The van der Waals surface area contributed by atoms with Gasteiger partial charge in [-0.15, -0.1) is 0 Å². The second-order valence-corrected chi connectivity index (χ2v) is 11.3. The minimum absolute atomic E-state index is 0.0240. The summed E-state index contributed by atoms with van der Waals surface area (Å²) in [5, 5.41) is 23.7. The summed E-state index contributed by atoms with van der Waals surface area (Å²) in [7, 11) is 7.20. The highest BCUT2D eigenvalue weighted by Crippen LogP contribution is 2.53. The van der Waals surface area contributed by atoms with Gasteiger partial charge in [0, 0.05) is 31.3 Å². The average Bonchev–Trinajstić information content (AvgIpc) is 2.85. The fraction of sp³-hybridized carbons (Fsp3) is 0.500. The molecule has 0 radical (unpaired) electrons. The number of aliphatic hydroxyl groups is 2. The number of fused-ring (bicyclic) bond motifs is 3. The third-order valence-corrected chi connectivity index (χ3v) is 8.07. The van der Waals surface area contributed by atoms with Crippen LogP contribution in [0.1, 0.15) is 49.0 Å². The summed E-state index contributed by atoms with van der Waals surface area (Å²) in [6.45, 7) is 7.76. The van der Waals surface area contributed by atoms with Crippen molar-refractivity contribution in [2.75, 3.05) is 39.7 Å². The number of benzene rings is 1. The van der Waals surface area contributed by atoms with Crippen LogP contribution in [0.3, 0.4) is 0 Å². The van der Waals surface area contributed by atoms with Crippen LogP contribution in [0.15, 0.2) is 47.1 Å². The number of Topliss-reactive ketones (excluding diaryl/α,β-unsaturated/α-hetero) is 2. The van der Waals surface area contributed by atoms with Crippen LogP contribution in [0, 0.1) is 11.8 Å². The molecule has 40 heavy (non-hydrogen) atoms. The second kappa shape index (κ2) is 10.7. The Kier molecular flexibility index (Phi) is 7.88. The summed E-state index contributed by atoms with van der Waals surface area (Å²) in [4.78, 5) is 44.2. The number of ketones is 2. The Morgan fingerprint density at radius 3 is 2.45 bits per heavy atom. The molecule has 0 saturated heterocycles. The van der Waals surface area contributed by atoms with Crippen LogP contribution >= 0.6 is 0 Å². The first-order chi connectivity index (χ1) is 18.8. The van der Waals surface area contributed by atoms with E-state index in [1.807, 2.05) is 32.0 Å². The van der Waals surface area contributed by atoms with Crippen molar-refractivity contribution in [3.05, 3.63) is 58.3 Å². The molecule has 1 aromatic carbocycles. The van der Waals surface area contributed by atoms with Crippen molar-refractivity contribution < 1.29 is 34.1 Å². The topological polar surface area (TPSA) is 143 Å². The molecule has 1 amide bonds. The number of nitrogens with zero attached hydrogens (tertiary/aromatic N) is 2. The summed E-state index contributed by atoms with van der Waals surface area (Å²) >= 11 is 0. The minimum atomic E-state index is -2.55. The minimum Gasteiger partial charge on any atom is -0.508 e. The SMILES string of the molecule is C=C(C)OC1=C(C(N)=O)C(=O)[C@@]2(O)C(O)=C3C(=O)c4c(OCCCC)ccc(N(C)C)c4C[C@H]3C[C@H]2C1N(C)C. The van der Waals surface area contributed by atoms with E-state index in [-0.39, 0.29) is 23.5 Å². The number of aliphatic hydroxyl groups excluding tert-OH is 1. The van der Waals surface area contributed by atoms with E-state index in [4.69, 9.17) is 15.2 Å². The van der Waals surface area contributed by atoms with Gasteiger partial charge in [0.05, 0.1) is 24.0 Å². The molecule has 0 aliphatic heterocycles. The highest BCUT2D eigenvalue weighted by atomic mass is 16.5. The van der Waals surface area contributed by atoms with Crippen molar-refractivity contribution in [1.82, 2.24) is 4.90 Å². The number of carbonyl (C=O) groups is 3. The van der Waals surface area contributed by atoms with E-state index >= 15 is 0 Å². The number of carbonyl (C=O) groups excluding carboxylic acids is 3. The molecule has 1 aromatic rings. The normalized spacial score (nSPS) is 25.9. The lowest BCUT2D eigenvalue weighted by Gasteiger charge is -2.50. The average molecular weight is 554 g/mol. The van der Waals surface area contributed by atoms with E-state index in [0.29, 0.717) is 24.3 Å². The van der Waals surface area contributed by atoms with E-state index in [1.165, 1.54) is 0 Å². The molecule has 0 saturated carbocycles. The zero-order valence-corrected chi connectivity index (χ0v) is 24.0. The van der Waals surface area contributed by atoms with Crippen LogP contribution in [0.25, 0.3) is 0 Å². The fourth-order valence-corrected chi connectivity index (χ4v) is 6.36. The highest BCUT2D eigenvalue weighted by molar-refractivity contribution is 6.25. The maximum Gasteiger partial charge on any atom is 0.255 e. The first kappa shape index (κ1) is 29.4. The first-order valence-electron chi connectivity index (χ1n) is 13.5. The number of rotatable bonds is 9. The van der Waals surface area contributed by atoms with Gasteiger partial charge in [0.25, 0.3) is 5.91 Å². The quantitative estimate of drug-likeness (QED) is 0.239. The van der Waals surface area contributed by atoms with Crippen LogP contribution in [0.5, 0.6) is 5.75 Å². The van der Waals surface area contributed by atoms with Gasteiger partial charge in [-0.05, 0) is 63.9 Å². The summed E-state index contributed by atoms with van der Waals surface area (Å²) in [5.41, 5.74) is 4.40. The molecular formula is C30H39N3O7. The Morgan fingerprint density at radius 1 is 1.23 bits per heavy atom. The molecule has 4 rings (SSSR count). The Morgan fingerprint density at radius 2 is 1.90 bits per heavy atom. The number of likely N-dealkylation sites (N-methyl/N-ethyl adjacent to an activating group) is 1. The summed E-state index contributed by atoms with van der Waals surface area (Å²) in [6.07, 6.45) is 2.26. The fourth-order valence-electron chi connectivity index (χ4n) is 6.36. The van der Waals surface area contributed by atoms with Crippen LogP contribution in [0.2, 0.25) is 0 Å². The largest absolute Gasteiger partial charge is 0.508 e. The number of ether oxygens (including phenoxy) is 2. The molecule has 4 N–H and O–H groups in total. The van der Waals surface area contributed by atoms with Crippen LogP contribution in [-0.2, 0) is 20.7 Å². The Labute approximate surface area is 234 Å². The Bertz CT molecular complexity index is 1340. The molecule has 0 aromatic heterocycles. The molecule has 3 aliphatic carbocycles. The predicted octanol–water partition coefficient (Wildman–Crippen LogP) is 2.65. The molecule has 0 fully saturated rings. The van der Waals surface area contributed by atoms with Gasteiger partial charge < -0.3 is 30.3 Å². The summed E-state index contributed by atoms with van der Waals surface area (Å²) < 4.78 is 11.8. The molecule has 3 aliphatic rings. The number of hydrogen-bond acceptors (Lipinski definition) is 9.